The molecule has 8 heteroatoms. The Bertz CT molecular complexity index is 768. The summed E-state index contributed by atoms with van der Waals surface area (Å²) in [6.45, 7) is 2.02. The van der Waals surface area contributed by atoms with Gasteiger partial charge in [0.1, 0.15) is 10.8 Å². The molecule has 0 aliphatic heterocycles. The van der Waals surface area contributed by atoms with E-state index >= 15 is 0 Å². The number of nitrogens with one attached hydrogen (secondary N) is 1. The van der Waals surface area contributed by atoms with Gasteiger partial charge in [-0.15, -0.1) is 10.2 Å². The van der Waals surface area contributed by atoms with Crippen molar-refractivity contribution < 1.29 is 13.2 Å². The fourth-order valence-electron chi connectivity index (χ4n) is 5.86. The molecule has 1 amide bonds. The summed E-state index contributed by atoms with van der Waals surface area (Å²) in [6, 6.07) is 0. The van der Waals surface area contributed by atoms with Crippen molar-refractivity contribution in [3.05, 3.63) is 5.01 Å². The Hall–Kier alpha value is -1.02. The number of anilines is 1. The van der Waals surface area contributed by atoms with Crippen molar-refractivity contribution in [1.29, 1.82) is 0 Å². The van der Waals surface area contributed by atoms with E-state index < -0.39 is 21.5 Å². The Morgan fingerprint density at radius 2 is 1.74 bits per heavy atom. The van der Waals surface area contributed by atoms with Crippen LogP contribution in [0.3, 0.4) is 0 Å². The summed E-state index contributed by atoms with van der Waals surface area (Å²) in [6.07, 6.45) is 10.2. The van der Waals surface area contributed by atoms with Crippen LogP contribution in [0.25, 0.3) is 0 Å². The van der Waals surface area contributed by atoms with Crippen molar-refractivity contribution in [1.82, 2.24) is 10.2 Å². The number of sulfone groups is 1. The van der Waals surface area contributed by atoms with Gasteiger partial charge in [-0.25, -0.2) is 8.42 Å². The largest absolute Gasteiger partial charge is 0.300 e. The van der Waals surface area contributed by atoms with Gasteiger partial charge in [-0.1, -0.05) is 31.1 Å². The van der Waals surface area contributed by atoms with Crippen LogP contribution in [0.15, 0.2) is 0 Å². The first kappa shape index (κ1) is 19.3. The van der Waals surface area contributed by atoms with Crippen molar-refractivity contribution in [2.75, 3.05) is 16.8 Å². The fraction of sp³-hybridized carbons (Fsp3) is 0.842. The maximum Gasteiger partial charge on any atom is 0.241 e. The maximum atomic E-state index is 12.2. The third kappa shape index (κ3) is 4.21. The third-order valence-corrected chi connectivity index (χ3v) is 9.27. The van der Waals surface area contributed by atoms with Crippen LogP contribution in [0, 0.1) is 17.8 Å². The molecule has 0 aromatic carbocycles. The minimum absolute atomic E-state index is 0.0723. The Labute approximate surface area is 165 Å². The number of nitrogens with zero attached hydrogens (tertiary/aromatic N) is 2. The number of aromatic nitrogens is 2. The van der Waals surface area contributed by atoms with Crippen LogP contribution in [-0.2, 0) is 20.0 Å². The predicted octanol–water partition coefficient (Wildman–Crippen LogP) is 3.55. The van der Waals surface area contributed by atoms with E-state index in [0.29, 0.717) is 11.6 Å². The molecule has 4 bridgehead atoms. The number of hydrogen-bond acceptors (Lipinski definition) is 6. The lowest BCUT2D eigenvalue weighted by Crippen LogP contribution is -2.48. The zero-order chi connectivity index (χ0) is 19.1. The molecule has 1 aromatic heterocycles. The Kier molecular flexibility index (Phi) is 5.31. The molecule has 4 fully saturated rings. The smallest absolute Gasteiger partial charge is 0.241 e. The molecular weight excluding hydrogens is 382 g/mol. The Morgan fingerprint density at radius 3 is 2.33 bits per heavy atom. The molecule has 1 N–H and O–H groups in total. The SMILES string of the molecule is CCCCCS(=O)(=O)CC(=O)Nc1nnc(C23CC4CC(CC(C4)C2)C3)s1. The van der Waals surface area contributed by atoms with Gasteiger partial charge in [0.05, 0.1) is 5.75 Å². The van der Waals surface area contributed by atoms with E-state index in [1.54, 1.807) is 0 Å². The van der Waals surface area contributed by atoms with Crippen LogP contribution in [0.4, 0.5) is 5.13 Å². The van der Waals surface area contributed by atoms with Crippen LogP contribution < -0.4 is 5.32 Å². The zero-order valence-corrected chi connectivity index (χ0v) is 17.6. The monoisotopic (exact) mass is 411 g/mol. The summed E-state index contributed by atoms with van der Waals surface area (Å²) < 4.78 is 24.1. The van der Waals surface area contributed by atoms with Gasteiger partial charge in [0, 0.05) is 5.41 Å². The molecule has 4 aliphatic carbocycles. The lowest BCUT2D eigenvalue weighted by Gasteiger charge is -2.55. The first-order valence-corrected chi connectivity index (χ1v) is 12.9. The number of carbonyl (C=O) groups is 1. The van der Waals surface area contributed by atoms with E-state index in [-0.39, 0.29) is 11.2 Å². The highest BCUT2D eigenvalue weighted by Gasteiger charge is 2.53. The quantitative estimate of drug-likeness (QED) is 0.661. The van der Waals surface area contributed by atoms with Gasteiger partial charge < -0.3 is 0 Å². The van der Waals surface area contributed by atoms with E-state index in [1.165, 1.54) is 49.9 Å². The second kappa shape index (κ2) is 7.43. The topological polar surface area (TPSA) is 89.0 Å². The fourth-order valence-corrected chi connectivity index (χ4v) is 8.10. The highest BCUT2D eigenvalue weighted by atomic mass is 32.2. The Balaban J connectivity index is 1.38. The van der Waals surface area contributed by atoms with E-state index in [1.807, 2.05) is 6.92 Å². The number of carbonyl (C=O) groups excluding carboxylic acids is 1. The third-order valence-electron chi connectivity index (χ3n) is 6.57. The van der Waals surface area contributed by atoms with E-state index in [2.05, 4.69) is 15.5 Å². The van der Waals surface area contributed by atoms with Crippen LogP contribution in [0.2, 0.25) is 0 Å². The van der Waals surface area contributed by atoms with Crippen LogP contribution in [0.1, 0.15) is 69.7 Å². The molecular formula is C19H29N3O3S2. The van der Waals surface area contributed by atoms with Crippen molar-refractivity contribution in [3.8, 4) is 0 Å². The van der Waals surface area contributed by atoms with Crippen LogP contribution in [-0.4, -0.2) is 36.0 Å². The van der Waals surface area contributed by atoms with Gasteiger partial charge >= 0.3 is 0 Å². The van der Waals surface area contributed by atoms with E-state index in [9.17, 15) is 13.2 Å². The molecule has 0 saturated heterocycles. The molecule has 0 spiro atoms. The first-order valence-electron chi connectivity index (χ1n) is 10.2. The van der Waals surface area contributed by atoms with Crippen molar-refractivity contribution in [3.63, 3.8) is 0 Å². The second-order valence-electron chi connectivity index (χ2n) is 8.96. The molecule has 5 rings (SSSR count). The van der Waals surface area contributed by atoms with Gasteiger partial charge in [0.2, 0.25) is 11.0 Å². The van der Waals surface area contributed by atoms with Crippen LogP contribution >= 0.6 is 11.3 Å². The molecule has 0 atom stereocenters. The molecule has 4 saturated carbocycles. The van der Waals surface area contributed by atoms with Gasteiger partial charge in [0.25, 0.3) is 0 Å². The summed E-state index contributed by atoms with van der Waals surface area (Å²) in [4.78, 5) is 12.2. The number of unbranched alkanes of at least 4 members (excludes halogenated alkanes) is 2. The minimum Gasteiger partial charge on any atom is -0.300 e. The summed E-state index contributed by atoms with van der Waals surface area (Å²) in [5.41, 5.74) is 0.154. The summed E-state index contributed by atoms with van der Waals surface area (Å²) in [5.74, 6) is 1.58. The number of rotatable bonds is 8. The molecule has 1 heterocycles. The second-order valence-corrected chi connectivity index (χ2v) is 12.1. The number of hydrogen-bond donors (Lipinski definition) is 1. The highest BCUT2D eigenvalue weighted by molar-refractivity contribution is 7.92. The molecule has 0 unspecified atom stereocenters. The van der Waals surface area contributed by atoms with Crippen molar-refractivity contribution in [2.24, 2.45) is 17.8 Å². The van der Waals surface area contributed by atoms with Crippen LogP contribution in [0.5, 0.6) is 0 Å². The average molecular weight is 412 g/mol. The standard InChI is InChI=1S/C19H29N3O3S2/c1-2-3-4-5-27(24,25)12-16(23)20-18-22-21-17(26-18)19-9-13-6-14(10-19)8-15(7-13)11-19/h13-15H,2-12H2,1H3,(H,20,22,23). The Morgan fingerprint density at radius 1 is 1.11 bits per heavy atom. The van der Waals surface area contributed by atoms with E-state index in [4.69, 9.17) is 0 Å². The molecule has 6 nitrogen and oxygen atoms in total. The molecule has 0 radical (unpaired) electrons. The zero-order valence-electron chi connectivity index (χ0n) is 15.9. The molecule has 4 aliphatic rings. The summed E-state index contributed by atoms with van der Waals surface area (Å²) in [7, 11) is -3.36. The predicted molar refractivity (Wildman–Crippen MR) is 107 cm³/mol. The molecule has 1 aromatic rings. The number of amides is 1. The van der Waals surface area contributed by atoms with Crippen molar-refractivity contribution in [2.45, 2.75) is 70.1 Å². The lowest BCUT2D eigenvalue weighted by molar-refractivity contribution is -0.113. The van der Waals surface area contributed by atoms with E-state index in [0.717, 1.165) is 35.6 Å². The van der Waals surface area contributed by atoms with Gasteiger partial charge in [-0.05, 0) is 62.7 Å². The summed E-state index contributed by atoms with van der Waals surface area (Å²) in [5, 5.41) is 12.7. The van der Waals surface area contributed by atoms with Gasteiger partial charge in [-0.2, -0.15) is 0 Å². The average Bonchev–Trinajstić information content (AvgIpc) is 3.02. The minimum atomic E-state index is -3.36. The first-order chi connectivity index (χ1) is 12.9. The highest BCUT2D eigenvalue weighted by Crippen LogP contribution is 2.61. The maximum absolute atomic E-state index is 12.2. The molecule has 150 valence electrons. The van der Waals surface area contributed by atoms with Gasteiger partial charge in [0.15, 0.2) is 9.84 Å². The van der Waals surface area contributed by atoms with Gasteiger partial charge in [-0.3, -0.25) is 10.1 Å². The lowest BCUT2D eigenvalue weighted by atomic mass is 9.50. The summed E-state index contributed by atoms with van der Waals surface area (Å²) >= 11 is 1.45. The van der Waals surface area contributed by atoms with Crippen molar-refractivity contribution >= 4 is 32.2 Å². The molecule has 27 heavy (non-hydrogen) atoms. The normalized spacial score (nSPS) is 32.0.